The summed E-state index contributed by atoms with van der Waals surface area (Å²) >= 11 is 9.11. The summed E-state index contributed by atoms with van der Waals surface area (Å²) in [6.07, 6.45) is 4.65. The lowest BCUT2D eigenvalue weighted by Gasteiger charge is -2.19. The maximum atomic E-state index is 13.6. The summed E-state index contributed by atoms with van der Waals surface area (Å²) in [4.78, 5) is 34.0. The van der Waals surface area contributed by atoms with Crippen LogP contribution in [0.25, 0.3) is 10.2 Å². The van der Waals surface area contributed by atoms with Crippen LogP contribution in [0.5, 0.6) is 5.75 Å². The van der Waals surface area contributed by atoms with Crippen molar-refractivity contribution in [3.8, 4) is 5.75 Å². The maximum absolute atomic E-state index is 13.6. The van der Waals surface area contributed by atoms with Gasteiger partial charge in [0.2, 0.25) is 5.91 Å². The molecule has 1 aliphatic carbocycles. The Kier molecular flexibility index (Phi) is 7.18. The quantitative estimate of drug-likeness (QED) is 0.163. The smallest absolute Gasteiger partial charge is 0.263 e. The molecule has 2 heterocycles. The number of halogens is 1. The monoisotopic (exact) mass is 537 g/mol. The van der Waals surface area contributed by atoms with E-state index < -0.39 is 5.25 Å². The highest BCUT2D eigenvalue weighted by Crippen LogP contribution is 2.39. The minimum absolute atomic E-state index is 0.0732. The van der Waals surface area contributed by atoms with Crippen molar-refractivity contribution < 1.29 is 9.53 Å². The number of fused-ring (bicyclic) bond motifs is 3. The zero-order chi connectivity index (χ0) is 25.2. The predicted molar refractivity (Wildman–Crippen MR) is 148 cm³/mol. The molecule has 1 atom stereocenters. The van der Waals surface area contributed by atoms with Gasteiger partial charge < -0.3 is 10.1 Å². The van der Waals surface area contributed by atoms with Crippen molar-refractivity contribution in [1.82, 2.24) is 9.55 Å². The highest BCUT2D eigenvalue weighted by molar-refractivity contribution is 8.00. The van der Waals surface area contributed by atoms with Gasteiger partial charge in [0, 0.05) is 17.1 Å². The van der Waals surface area contributed by atoms with E-state index in [4.69, 9.17) is 21.3 Å². The van der Waals surface area contributed by atoms with Gasteiger partial charge >= 0.3 is 0 Å². The summed E-state index contributed by atoms with van der Waals surface area (Å²) in [5, 5.41) is 3.91. The summed E-state index contributed by atoms with van der Waals surface area (Å²) < 4.78 is 6.83. The number of carbonyl (C=O) groups excluding carboxylic acids is 1. The molecule has 6 nitrogen and oxygen atoms in total. The standard InChI is InChI=1S/C27H24ClN3O3S2/c1-3-14-31-26(33)22-18-10-7-11-21(18)35-25(22)30-27(31)36-23(16-8-5-4-6-9-16)24(32)29-17-12-13-20(34-2)19(28)15-17/h3-6,8-9,12-13,15,23H,1,7,10-11,14H2,2H3,(H,29,32)/t23-/m1/s1. The number of thiophene rings is 1. The molecule has 2 aromatic carbocycles. The number of hydrogen-bond acceptors (Lipinski definition) is 6. The summed E-state index contributed by atoms with van der Waals surface area (Å²) in [6, 6.07) is 14.6. The van der Waals surface area contributed by atoms with Gasteiger partial charge in [-0.3, -0.25) is 14.2 Å². The van der Waals surface area contributed by atoms with Crippen molar-refractivity contribution in [3.63, 3.8) is 0 Å². The lowest BCUT2D eigenvalue weighted by molar-refractivity contribution is -0.115. The van der Waals surface area contributed by atoms with E-state index in [1.807, 2.05) is 30.3 Å². The molecule has 0 radical (unpaired) electrons. The highest BCUT2D eigenvalue weighted by atomic mass is 35.5. The molecule has 5 rings (SSSR count). The average Bonchev–Trinajstić information content (AvgIpc) is 3.46. The Morgan fingerprint density at radius 3 is 2.83 bits per heavy atom. The molecule has 1 amide bonds. The van der Waals surface area contributed by atoms with Gasteiger partial charge in [0.1, 0.15) is 15.8 Å². The molecule has 0 aliphatic heterocycles. The number of benzene rings is 2. The molecule has 0 saturated heterocycles. The van der Waals surface area contributed by atoms with Crippen LogP contribution in [0.2, 0.25) is 5.02 Å². The number of nitrogens with one attached hydrogen (secondary N) is 1. The van der Waals surface area contributed by atoms with Crippen LogP contribution in [0, 0.1) is 0 Å². The Bertz CT molecular complexity index is 1510. The number of rotatable bonds is 8. The molecule has 36 heavy (non-hydrogen) atoms. The molecule has 4 aromatic rings. The van der Waals surface area contributed by atoms with Gasteiger partial charge in [0.05, 0.1) is 17.5 Å². The zero-order valence-corrected chi connectivity index (χ0v) is 22.0. The van der Waals surface area contributed by atoms with Gasteiger partial charge in [-0.15, -0.1) is 17.9 Å². The molecule has 9 heteroatoms. The molecule has 0 spiro atoms. The molecular weight excluding hydrogens is 514 g/mol. The van der Waals surface area contributed by atoms with Crippen molar-refractivity contribution in [2.24, 2.45) is 0 Å². The largest absolute Gasteiger partial charge is 0.495 e. The van der Waals surface area contributed by atoms with Crippen molar-refractivity contribution in [2.75, 3.05) is 12.4 Å². The molecule has 0 unspecified atom stereocenters. The minimum Gasteiger partial charge on any atom is -0.495 e. The van der Waals surface area contributed by atoms with E-state index in [0.717, 1.165) is 35.2 Å². The normalized spacial score (nSPS) is 13.4. The fourth-order valence-electron chi connectivity index (χ4n) is 4.40. The van der Waals surface area contributed by atoms with E-state index in [1.54, 1.807) is 40.2 Å². The predicted octanol–water partition coefficient (Wildman–Crippen LogP) is 6.27. The SMILES string of the molecule is C=CCn1c(S[C@@H](C(=O)Nc2ccc(OC)c(Cl)c2)c2ccccc2)nc2sc3c(c2c1=O)CCC3. The molecule has 1 aliphatic rings. The average molecular weight is 538 g/mol. The van der Waals surface area contributed by atoms with E-state index in [9.17, 15) is 9.59 Å². The number of allylic oxidation sites excluding steroid dienone is 1. The molecule has 2 aromatic heterocycles. The number of methoxy groups -OCH3 is 1. The summed E-state index contributed by atoms with van der Waals surface area (Å²) in [5.74, 6) is 0.276. The first-order valence-electron chi connectivity index (χ1n) is 11.5. The third-order valence-corrected chi connectivity index (χ3v) is 8.81. The number of anilines is 1. The molecule has 0 fully saturated rings. The first-order chi connectivity index (χ1) is 17.5. The van der Waals surface area contributed by atoms with Gasteiger partial charge in [0.15, 0.2) is 5.16 Å². The number of amides is 1. The summed E-state index contributed by atoms with van der Waals surface area (Å²) in [7, 11) is 1.54. The lowest BCUT2D eigenvalue weighted by atomic mass is 10.1. The van der Waals surface area contributed by atoms with Crippen molar-refractivity contribution in [2.45, 2.75) is 36.2 Å². The molecule has 1 N–H and O–H groups in total. The Labute approximate surface area is 222 Å². The van der Waals surface area contributed by atoms with Crippen LogP contribution < -0.4 is 15.6 Å². The second-order valence-electron chi connectivity index (χ2n) is 8.38. The third-order valence-electron chi connectivity index (χ3n) is 6.08. The molecule has 184 valence electrons. The Morgan fingerprint density at radius 1 is 1.31 bits per heavy atom. The number of ether oxygens (including phenoxy) is 1. The van der Waals surface area contributed by atoms with Crippen LogP contribution in [0.1, 0.15) is 27.7 Å². The van der Waals surface area contributed by atoms with Crippen molar-refractivity contribution in [3.05, 3.63) is 92.6 Å². The lowest BCUT2D eigenvalue weighted by Crippen LogP contribution is -2.25. The second-order valence-corrected chi connectivity index (χ2v) is 10.9. The van der Waals surface area contributed by atoms with E-state index in [1.165, 1.54) is 23.7 Å². The van der Waals surface area contributed by atoms with Crippen LogP contribution >= 0.6 is 34.7 Å². The number of carbonyl (C=O) groups is 1. The van der Waals surface area contributed by atoms with Gasteiger partial charge in [-0.1, -0.05) is 59.8 Å². The number of aromatic nitrogens is 2. The van der Waals surface area contributed by atoms with Crippen LogP contribution in [0.15, 0.2) is 71.1 Å². The zero-order valence-electron chi connectivity index (χ0n) is 19.6. The fraction of sp³-hybridized carbons (Fsp3) is 0.222. The summed E-state index contributed by atoms with van der Waals surface area (Å²) in [5.41, 5.74) is 2.41. The topological polar surface area (TPSA) is 73.2 Å². The van der Waals surface area contributed by atoms with Gasteiger partial charge in [-0.05, 0) is 48.6 Å². The van der Waals surface area contributed by atoms with Crippen LogP contribution in [0.4, 0.5) is 5.69 Å². The maximum Gasteiger partial charge on any atom is 0.263 e. The number of aryl methyl sites for hydroxylation is 2. The minimum atomic E-state index is -0.653. The van der Waals surface area contributed by atoms with E-state index in [0.29, 0.717) is 33.5 Å². The Morgan fingerprint density at radius 2 is 2.11 bits per heavy atom. The Hall–Kier alpha value is -3.07. The van der Waals surface area contributed by atoms with Crippen LogP contribution in [-0.2, 0) is 24.2 Å². The summed E-state index contributed by atoms with van der Waals surface area (Å²) in [6.45, 7) is 4.14. The molecule has 0 bridgehead atoms. The van der Waals surface area contributed by atoms with Crippen LogP contribution in [-0.4, -0.2) is 22.6 Å². The van der Waals surface area contributed by atoms with Crippen molar-refractivity contribution in [1.29, 1.82) is 0 Å². The van der Waals surface area contributed by atoms with Crippen molar-refractivity contribution >= 4 is 56.5 Å². The highest BCUT2D eigenvalue weighted by Gasteiger charge is 2.28. The third kappa shape index (κ3) is 4.68. The van der Waals surface area contributed by atoms with E-state index >= 15 is 0 Å². The van der Waals surface area contributed by atoms with Crippen LogP contribution in [0.3, 0.4) is 0 Å². The number of nitrogens with zero attached hydrogens (tertiary/aromatic N) is 2. The van der Waals surface area contributed by atoms with Gasteiger partial charge in [0.25, 0.3) is 5.56 Å². The number of hydrogen-bond donors (Lipinski definition) is 1. The van der Waals surface area contributed by atoms with Gasteiger partial charge in [-0.25, -0.2) is 4.98 Å². The van der Waals surface area contributed by atoms with E-state index in [-0.39, 0.29) is 11.5 Å². The van der Waals surface area contributed by atoms with E-state index in [2.05, 4.69) is 11.9 Å². The Balaban J connectivity index is 1.55. The number of thioether (sulfide) groups is 1. The first-order valence-corrected chi connectivity index (χ1v) is 13.6. The molecular formula is C27H24ClN3O3S2. The fourth-order valence-corrected chi connectivity index (χ4v) is 7.06. The second kappa shape index (κ2) is 10.5. The van der Waals surface area contributed by atoms with Gasteiger partial charge in [-0.2, -0.15) is 0 Å². The first kappa shape index (κ1) is 24.6. The molecule has 0 saturated carbocycles.